The van der Waals surface area contributed by atoms with Crippen LogP contribution in [0.3, 0.4) is 0 Å². The molecule has 0 saturated carbocycles. The van der Waals surface area contributed by atoms with Gasteiger partial charge in [-0.3, -0.25) is 14.9 Å². The Morgan fingerprint density at radius 1 is 1.47 bits per heavy atom. The number of nitro benzene ring substituents is 1. The summed E-state index contributed by atoms with van der Waals surface area (Å²) in [5, 5.41) is 22.5. The van der Waals surface area contributed by atoms with Crippen molar-refractivity contribution in [1.29, 1.82) is 0 Å². The summed E-state index contributed by atoms with van der Waals surface area (Å²) in [5.41, 5.74) is 0.0912. The number of aliphatic hydroxyl groups excluding tert-OH is 1. The number of non-ortho nitro benzene ring substituents is 1. The van der Waals surface area contributed by atoms with Crippen molar-refractivity contribution in [1.82, 2.24) is 5.32 Å². The average Bonchev–Trinajstić information content (AvgIpc) is 2.37. The van der Waals surface area contributed by atoms with Gasteiger partial charge in [0.05, 0.1) is 17.6 Å². The molecule has 0 saturated heterocycles. The zero-order valence-electron chi connectivity index (χ0n) is 11.0. The Morgan fingerprint density at radius 3 is 2.68 bits per heavy atom. The lowest BCUT2D eigenvalue weighted by Gasteiger charge is -2.18. The lowest BCUT2D eigenvalue weighted by Crippen LogP contribution is -2.38. The smallest absolute Gasteiger partial charge is 0.270 e. The van der Waals surface area contributed by atoms with Crippen molar-refractivity contribution in [3.63, 3.8) is 0 Å². The second kappa shape index (κ2) is 6.84. The monoisotopic (exact) mass is 266 g/mol. The molecule has 104 valence electrons. The predicted octanol–water partition coefficient (Wildman–Crippen LogP) is 1.73. The number of hydrogen-bond donors (Lipinski definition) is 2. The van der Waals surface area contributed by atoms with Crippen LogP contribution in [-0.4, -0.2) is 28.6 Å². The number of aliphatic hydroxyl groups is 1. The fourth-order valence-electron chi connectivity index (χ4n) is 1.78. The van der Waals surface area contributed by atoms with E-state index in [2.05, 4.69) is 5.32 Å². The summed E-state index contributed by atoms with van der Waals surface area (Å²) in [4.78, 5) is 22.0. The first-order chi connectivity index (χ1) is 8.93. The Kier molecular flexibility index (Phi) is 5.44. The van der Waals surface area contributed by atoms with Crippen molar-refractivity contribution in [3.8, 4) is 0 Å². The minimum Gasteiger partial charge on any atom is -0.394 e. The number of carbonyl (C=O) groups excluding carboxylic acids is 1. The molecule has 0 radical (unpaired) electrons. The van der Waals surface area contributed by atoms with Crippen LogP contribution in [0.5, 0.6) is 0 Å². The second-order valence-electron chi connectivity index (χ2n) is 4.79. The zero-order chi connectivity index (χ0) is 14.4. The van der Waals surface area contributed by atoms with E-state index in [1.807, 2.05) is 13.8 Å². The standard InChI is InChI=1S/C13H18N2O4/c1-9(2)6-11(8-16)14-13(17)10-4-3-5-12(7-10)15(18)19/h3-5,7,9,11,16H,6,8H2,1-2H3,(H,14,17). The number of carbonyl (C=O) groups is 1. The van der Waals surface area contributed by atoms with E-state index in [4.69, 9.17) is 0 Å². The summed E-state index contributed by atoms with van der Waals surface area (Å²) in [6.45, 7) is 3.82. The summed E-state index contributed by atoms with van der Waals surface area (Å²) >= 11 is 0. The average molecular weight is 266 g/mol. The topological polar surface area (TPSA) is 92.5 Å². The molecule has 1 aromatic rings. The highest BCUT2D eigenvalue weighted by Gasteiger charge is 2.16. The van der Waals surface area contributed by atoms with Crippen molar-refractivity contribution in [3.05, 3.63) is 39.9 Å². The van der Waals surface area contributed by atoms with E-state index >= 15 is 0 Å². The Balaban J connectivity index is 2.77. The molecule has 1 rings (SSSR count). The van der Waals surface area contributed by atoms with Crippen LogP contribution in [0.1, 0.15) is 30.6 Å². The van der Waals surface area contributed by atoms with Gasteiger partial charge in [-0.05, 0) is 18.4 Å². The molecular formula is C13H18N2O4. The summed E-state index contributed by atoms with van der Waals surface area (Å²) in [6, 6.07) is 5.18. The van der Waals surface area contributed by atoms with Crippen LogP contribution in [0.2, 0.25) is 0 Å². The van der Waals surface area contributed by atoms with E-state index < -0.39 is 10.8 Å². The lowest BCUT2D eigenvalue weighted by atomic mass is 10.0. The third-order valence-corrected chi connectivity index (χ3v) is 2.63. The number of nitrogens with zero attached hydrogens (tertiary/aromatic N) is 1. The maximum absolute atomic E-state index is 11.9. The van der Waals surface area contributed by atoms with Gasteiger partial charge in [-0.1, -0.05) is 19.9 Å². The van der Waals surface area contributed by atoms with E-state index in [-0.39, 0.29) is 23.9 Å². The molecular weight excluding hydrogens is 248 g/mol. The summed E-state index contributed by atoms with van der Waals surface area (Å²) in [5.74, 6) is -0.0778. The SMILES string of the molecule is CC(C)CC(CO)NC(=O)c1cccc([N+](=O)[O-])c1. The first-order valence-electron chi connectivity index (χ1n) is 6.10. The number of rotatable bonds is 6. The van der Waals surface area contributed by atoms with Crippen LogP contribution in [0.4, 0.5) is 5.69 Å². The molecule has 19 heavy (non-hydrogen) atoms. The van der Waals surface area contributed by atoms with Gasteiger partial charge in [-0.25, -0.2) is 0 Å². The molecule has 0 bridgehead atoms. The van der Waals surface area contributed by atoms with Gasteiger partial charge in [-0.2, -0.15) is 0 Å². The molecule has 6 heteroatoms. The van der Waals surface area contributed by atoms with Gasteiger partial charge in [0.15, 0.2) is 0 Å². The van der Waals surface area contributed by atoms with E-state index in [9.17, 15) is 20.0 Å². The molecule has 1 unspecified atom stereocenters. The molecule has 0 fully saturated rings. The van der Waals surface area contributed by atoms with Crippen molar-refractivity contribution in [2.45, 2.75) is 26.3 Å². The minimum absolute atomic E-state index is 0.128. The van der Waals surface area contributed by atoms with Crippen LogP contribution in [0.25, 0.3) is 0 Å². The lowest BCUT2D eigenvalue weighted by molar-refractivity contribution is -0.384. The highest BCUT2D eigenvalue weighted by Crippen LogP contribution is 2.13. The molecule has 0 heterocycles. The number of hydrogen-bond acceptors (Lipinski definition) is 4. The Morgan fingerprint density at radius 2 is 2.16 bits per heavy atom. The van der Waals surface area contributed by atoms with Crippen molar-refractivity contribution >= 4 is 11.6 Å². The molecule has 1 aromatic carbocycles. The number of benzene rings is 1. The van der Waals surface area contributed by atoms with Gasteiger partial charge in [0.2, 0.25) is 0 Å². The molecule has 0 aliphatic carbocycles. The Labute approximate surface area is 111 Å². The fraction of sp³-hybridized carbons (Fsp3) is 0.462. The number of nitrogens with one attached hydrogen (secondary N) is 1. The number of amides is 1. The molecule has 0 spiro atoms. The Hall–Kier alpha value is -1.95. The van der Waals surface area contributed by atoms with Crippen LogP contribution in [-0.2, 0) is 0 Å². The summed E-state index contributed by atoms with van der Waals surface area (Å²) in [6.07, 6.45) is 0.650. The fourth-order valence-corrected chi connectivity index (χ4v) is 1.78. The van der Waals surface area contributed by atoms with Crippen LogP contribution in [0.15, 0.2) is 24.3 Å². The third-order valence-electron chi connectivity index (χ3n) is 2.63. The molecule has 0 aliphatic rings. The summed E-state index contributed by atoms with van der Waals surface area (Å²) < 4.78 is 0. The van der Waals surface area contributed by atoms with E-state index in [0.717, 1.165) is 0 Å². The Bertz CT molecular complexity index is 460. The second-order valence-corrected chi connectivity index (χ2v) is 4.79. The van der Waals surface area contributed by atoms with Crippen LogP contribution in [0, 0.1) is 16.0 Å². The van der Waals surface area contributed by atoms with Gasteiger partial charge in [0.1, 0.15) is 0 Å². The predicted molar refractivity (Wildman–Crippen MR) is 70.9 cm³/mol. The van der Waals surface area contributed by atoms with Crippen LogP contribution < -0.4 is 5.32 Å². The third kappa shape index (κ3) is 4.67. The van der Waals surface area contributed by atoms with Gasteiger partial charge in [0, 0.05) is 17.7 Å². The molecule has 0 aliphatic heterocycles. The summed E-state index contributed by atoms with van der Waals surface area (Å²) in [7, 11) is 0. The van der Waals surface area contributed by atoms with Gasteiger partial charge < -0.3 is 10.4 Å². The first-order valence-corrected chi connectivity index (χ1v) is 6.10. The minimum atomic E-state index is -0.547. The van der Waals surface area contributed by atoms with E-state index in [1.165, 1.54) is 24.3 Å². The first kappa shape index (κ1) is 15.1. The number of nitro groups is 1. The molecule has 2 N–H and O–H groups in total. The maximum atomic E-state index is 11.9. The molecule has 1 atom stereocenters. The van der Waals surface area contributed by atoms with E-state index in [1.54, 1.807) is 0 Å². The van der Waals surface area contributed by atoms with Crippen LogP contribution >= 0.6 is 0 Å². The zero-order valence-corrected chi connectivity index (χ0v) is 11.0. The molecule has 1 amide bonds. The van der Waals surface area contributed by atoms with Crippen molar-refractivity contribution in [2.75, 3.05) is 6.61 Å². The largest absolute Gasteiger partial charge is 0.394 e. The van der Waals surface area contributed by atoms with E-state index in [0.29, 0.717) is 12.3 Å². The quantitative estimate of drug-likeness (QED) is 0.605. The molecule has 6 nitrogen and oxygen atoms in total. The highest BCUT2D eigenvalue weighted by atomic mass is 16.6. The van der Waals surface area contributed by atoms with Gasteiger partial charge in [-0.15, -0.1) is 0 Å². The highest BCUT2D eigenvalue weighted by molar-refractivity contribution is 5.95. The maximum Gasteiger partial charge on any atom is 0.270 e. The van der Waals surface area contributed by atoms with Crippen molar-refractivity contribution in [2.24, 2.45) is 5.92 Å². The van der Waals surface area contributed by atoms with Gasteiger partial charge in [0.25, 0.3) is 11.6 Å². The normalized spacial score (nSPS) is 12.2. The molecule has 0 aromatic heterocycles. The van der Waals surface area contributed by atoms with Crippen molar-refractivity contribution < 1.29 is 14.8 Å². The van der Waals surface area contributed by atoms with Gasteiger partial charge >= 0.3 is 0 Å².